The SMILES string of the molecule is C.CC(C)C.CCC(=O)OC.CS(=O)(=O)CCCN1CCN(Cc2ccccc2)CC1. The lowest BCUT2D eigenvalue weighted by Crippen LogP contribution is -2.46. The summed E-state index contributed by atoms with van der Waals surface area (Å²) >= 11 is 0. The lowest BCUT2D eigenvalue weighted by Gasteiger charge is -2.34. The van der Waals surface area contributed by atoms with Crippen molar-refractivity contribution in [2.75, 3.05) is 51.8 Å². The molecule has 1 fully saturated rings. The molecule has 0 atom stereocenters. The first kappa shape index (κ1) is 31.7. The first-order valence-electron chi connectivity index (χ1n) is 10.8. The Hall–Kier alpha value is -1.44. The molecule has 6 nitrogen and oxygen atoms in total. The summed E-state index contributed by atoms with van der Waals surface area (Å²) in [6.07, 6.45) is 2.53. The van der Waals surface area contributed by atoms with Crippen molar-refractivity contribution < 1.29 is 17.9 Å². The molecule has 1 aromatic carbocycles. The zero-order chi connectivity index (χ0) is 23.0. The van der Waals surface area contributed by atoms with E-state index in [1.165, 1.54) is 18.9 Å². The van der Waals surface area contributed by atoms with Crippen LogP contribution in [0.5, 0.6) is 0 Å². The number of hydrogen-bond donors (Lipinski definition) is 0. The number of nitrogens with zero attached hydrogens (tertiary/aromatic N) is 2. The molecule has 1 aromatic rings. The smallest absolute Gasteiger partial charge is 0.305 e. The Morgan fingerprint density at radius 1 is 1.03 bits per heavy atom. The maximum atomic E-state index is 11.1. The molecule has 0 spiro atoms. The van der Waals surface area contributed by atoms with Gasteiger partial charge in [0.15, 0.2) is 0 Å². The highest BCUT2D eigenvalue weighted by molar-refractivity contribution is 7.90. The zero-order valence-corrected chi connectivity index (χ0v) is 20.6. The van der Waals surface area contributed by atoms with Crippen molar-refractivity contribution in [2.45, 2.75) is 54.5 Å². The second-order valence-corrected chi connectivity index (χ2v) is 10.5. The Morgan fingerprint density at radius 2 is 1.52 bits per heavy atom. The molecule has 2 rings (SSSR count). The highest BCUT2D eigenvalue weighted by Gasteiger charge is 2.16. The quantitative estimate of drug-likeness (QED) is 0.573. The van der Waals surface area contributed by atoms with E-state index in [2.05, 4.69) is 59.6 Å². The third-order valence-corrected chi connectivity index (χ3v) is 5.25. The van der Waals surface area contributed by atoms with E-state index in [1.54, 1.807) is 6.92 Å². The number of methoxy groups -OCH3 is 1. The van der Waals surface area contributed by atoms with Crippen LogP contribution in [-0.2, 0) is 25.9 Å². The predicted molar refractivity (Wildman–Crippen MR) is 132 cm³/mol. The molecule has 31 heavy (non-hydrogen) atoms. The number of esters is 1. The van der Waals surface area contributed by atoms with Crippen molar-refractivity contribution in [2.24, 2.45) is 5.92 Å². The fraction of sp³-hybridized carbons (Fsp3) is 0.708. The number of benzene rings is 1. The van der Waals surface area contributed by atoms with Crippen LogP contribution < -0.4 is 0 Å². The van der Waals surface area contributed by atoms with Gasteiger partial charge < -0.3 is 9.64 Å². The summed E-state index contributed by atoms with van der Waals surface area (Å²) in [5, 5.41) is 0. The molecule has 0 aliphatic carbocycles. The van der Waals surface area contributed by atoms with E-state index in [0.29, 0.717) is 12.2 Å². The number of carbonyl (C=O) groups is 1. The Bertz CT molecular complexity index is 647. The number of rotatable bonds is 7. The summed E-state index contributed by atoms with van der Waals surface area (Å²) in [5.74, 6) is 0.979. The topological polar surface area (TPSA) is 66.9 Å². The number of sulfone groups is 1. The second-order valence-electron chi connectivity index (χ2n) is 8.25. The maximum absolute atomic E-state index is 11.1. The monoisotopic (exact) mass is 458 g/mol. The predicted octanol–water partition coefficient (Wildman–Crippen LogP) is 4.11. The molecule has 0 radical (unpaired) electrons. The van der Waals surface area contributed by atoms with Crippen LogP contribution in [-0.4, -0.2) is 76.0 Å². The van der Waals surface area contributed by atoms with Crippen molar-refractivity contribution in [3.63, 3.8) is 0 Å². The van der Waals surface area contributed by atoms with Crippen LogP contribution >= 0.6 is 0 Å². The van der Waals surface area contributed by atoms with Gasteiger partial charge in [0.2, 0.25) is 0 Å². The molecule has 0 unspecified atom stereocenters. The average Bonchev–Trinajstić information content (AvgIpc) is 2.68. The van der Waals surface area contributed by atoms with Gasteiger partial charge in [-0.05, 0) is 24.4 Å². The molecule has 0 N–H and O–H groups in total. The van der Waals surface area contributed by atoms with Gasteiger partial charge >= 0.3 is 5.97 Å². The summed E-state index contributed by atoms with van der Waals surface area (Å²) in [5.41, 5.74) is 1.36. The van der Waals surface area contributed by atoms with Crippen molar-refractivity contribution >= 4 is 15.8 Å². The molecule has 182 valence electrons. The van der Waals surface area contributed by atoms with Gasteiger partial charge in [0.25, 0.3) is 0 Å². The molecule has 1 heterocycles. The van der Waals surface area contributed by atoms with Gasteiger partial charge in [-0.2, -0.15) is 0 Å². The fourth-order valence-electron chi connectivity index (χ4n) is 2.71. The summed E-state index contributed by atoms with van der Waals surface area (Å²) in [6.45, 7) is 14.4. The van der Waals surface area contributed by atoms with E-state index in [4.69, 9.17) is 0 Å². The minimum Gasteiger partial charge on any atom is -0.469 e. The van der Waals surface area contributed by atoms with Gasteiger partial charge in [0, 0.05) is 45.4 Å². The molecular formula is C24H46N2O4S. The van der Waals surface area contributed by atoms with E-state index in [1.807, 2.05) is 6.07 Å². The molecule has 0 amide bonds. The molecular weight excluding hydrogens is 412 g/mol. The van der Waals surface area contributed by atoms with Gasteiger partial charge in [0.1, 0.15) is 9.84 Å². The van der Waals surface area contributed by atoms with Crippen LogP contribution in [0.4, 0.5) is 0 Å². The Morgan fingerprint density at radius 3 is 1.90 bits per heavy atom. The van der Waals surface area contributed by atoms with E-state index >= 15 is 0 Å². The van der Waals surface area contributed by atoms with E-state index in [0.717, 1.165) is 51.6 Å². The molecule has 0 bridgehead atoms. The maximum Gasteiger partial charge on any atom is 0.305 e. The summed E-state index contributed by atoms with van der Waals surface area (Å²) < 4.78 is 26.5. The first-order chi connectivity index (χ1) is 14.1. The van der Waals surface area contributed by atoms with E-state index in [-0.39, 0.29) is 13.4 Å². The second kappa shape index (κ2) is 18.2. The third-order valence-electron chi connectivity index (χ3n) is 4.22. The molecule has 7 heteroatoms. The molecule has 1 aliphatic heterocycles. The number of hydrogen-bond acceptors (Lipinski definition) is 6. The normalized spacial score (nSPS) is 14.4. The van der Waals surface area contributed by atoms with Gasteiger partial charge in [-0.1, -0.05) is 65.5 Å². The van der Waals surface area contributed by atoms with Crippen LogP contribution in [0.1, 0.15) is 53.5 Å². The van der Waals surface area contributed by atoms with Crippen LogP contribution in [0.2, 0.25) is 0 Å². The minimum absolute atomic E-state index is 0. The summed E-state index contributed by atoms with van der Waals surface area (Å²) in [7, 11) is -1.43. The highest BCUT2D eigenvalue weighted by Crippen LogP contribution is 2.08. The Kier molecular flexibility index (Phi) is 18.6. The lowest BCUT2D eigenvalue weighted by atomic mass is 10.2. The van der Waals surface area contributed by atoms with Crippen molar-refractivity contribution in [3.05, 3.63) is 35.9 Å². The number of carbonyl (C=O) groups excluding carboxylic acids is 1. The summed E-state index contributed by atoms with van der Waals surface area (Å²) in [6, 6.07) is 10.5. The molecule has 0 saturated carbocycles. The fourth-order valence-corrected chi connectivity index (χ4v) is 3.36. The Labute approximate surface area is 191 Å². The lowest BCUT2D eigenvalue weighted by molar-refractivity contribution is -0.140. The highest BCUT2D eigenvalue weighted by atomic mass is 32.2. The standard InChI is InChI=1S/C15H24N2O2S.C4H8O2.C4H10.CH4/c1-20(18,19)13-5-8-16-9-11-17(12-10-16)14-15-6-3-2-4-7-15;1-3-4(5)6-2;1-4(2)3;/h2-4,6-7H,5,8-14H2,1H3;3H2,1-2H3;4H,1-3H3;1H4. The van der Waals surface area contributed by atoms with Crippen molar-refractivity contribution in [3.8, 4) is 0 Å². The molecule has 0 aromatic heterocycles. The third kappa shape index (κ3) is 20.2. The van der Waals surface area contributed by atoms with Crippen molar-refractivity contribution in [1.29, 1.82) is 0 Å². The van der Waals surface area contributed by atoms with E-state index in [9.17, 15) is 13.2 Å². The van der Waals surface area contributed by atoms with E-state index < -0.39 is 9.84 Å². The van der Waals surface area contributed by atoms with Crippen LogP contribution in [0.25, 0.3) is 0 Å². The van der Waals surface area contributed by atoms with Gasteiger partial charge in [-0.25, -0.2) is 8.42 Å². The average molecular weight is 459 g/mol. The van der Waals surface area contributed by atoms with Crippen LogP contribution in [0.15, 0.2) is 30.3 Å². The first-order valence-corrected chi connectivity index (χ1v) is 12.9. The molecule has 1 aliphatic rings. The number of ether oxygens (including phenoxy) is 1. The molecule has 1 saturated heterocycles. The Balaban J connectivity index is 0. The largest absolute Gasteiger partial charge is 0.469 e. The van der Waals surface area contributed by atoms with Crippen LogP contribution in [0.3, 0.4) is 0 Å². The summed E-state index contributed by atoms with van der Waals surface area (Å²) in [4.78, 5) is 14.8. The zero-order valence-electron chi connectivity index (χ0n) is 19.8. The minimum atomic E-state index is -2.81. The van der Waals surface area contributed by atoms with Gasteiger partial charge in [-0.15, -0.1) is 0 Å². The van der Waals surface area contributed by atoms with Gasteiger partial charge in [0.05, 0.1) is 12.9 Å². The van der Waals surface area contributed by atoms with Gasteiger partial charge in [-0.3, -0.25) is 9.69 Å². The van der Waals surface area contributed by atoms with Crippen molar-refractivity contribution in [1.82, 2.24) is 9.80 Å². The number of piperazine rings is 1. The van der Waals surface area contributed by atoms with Crippen LogP contribution in [0, 0.1) is 5.92 Å².